The quantitative estimate of drug-likeness (QED) is 0.674. The normalized spacial score (nSPS) is 10.1. The highest BCUT2D eigenvalue weighted by Crippen LogP contribution is 2.28. The van der Waals surface area contributed by atoms with Crippen molar-refractivity contribution in [3.8, 4) is 11.1 Å². The summed E-state index contributed by atoms with van der Waals surface area (Å²) < 4.78 is 0. The van der Waals surface area contributed by atoms with Gasteiger partial charge in [-0.15, -0.1) is 0 Å². The van der Waals surface area contributed by atoms with E-state index < -0.39 is 0 Å². The van der Waals surface area contributed by atoms with E-state index in [9.17, 15) is 0 Å². The second kappa shape index (κ2) is 4.04. The van der Waals surface area contributed by atoms with E-state index in [1.165, 1.54) is 0 Å². The molecule has 14 heavy (non-hydrogen) atoms. The van der Waals surface area contributed by atoms with Crippen molar-refractivity contribution in [3.05, 3.63) is 58.6 Å². The van der Waals surface area contributed by atoms with Gasteiger partial charge in [-0.1, -0.05) is 53.5 Å². The molecule has 2 aromatic rings. The lowest BCUT2D eigenvalue weighted by Gasteiger charge is -2.03. The van der Waals surface area contributed by atoms with Crippen molar-refractivity contribution >= 4 is 23.2 Å². The standard InChI is InChI=1S/C12H8Cl2/c13-10-7-5-9(6-8-10)11-3-1-2-4-12(11)14/h1-8H/i1+1,2+1,3+1,4+1,5+1,6+1,7+1,8+1,9+1,10+1,11+1,12+1. The van der Waals surface area contributed by atoms with Crippen molar-refractivity contribution < 1.29 is 0 Å². The first-order valence-corrected chi connectivity index (χ1v) is 5.03. The maximum absolute atomic E-state index is 6.07. The lowest BCUT2D eigenvalue weighted by molar-refractivity contribution is 1.62. The summed E-state index contributed by atoms with van der Waals surface area (Å²) in [6.07, 6.45) is 0. The SMILES string of the molecule is Cl[13c]1[13cH][13cH][13c](-[13c]2[13cH][13cH][13cH][13cH][13c]2Cl)[13cH][13cH]1. The van der Waals surface area contributed by atoms with E-state index >= 15 is 0 Å². The van der Waals surface area contributed by atoms with Crippen LogP contribution in [0.3, 0.4) is 0 Å². The predicted octanol–water partition coefficient (Wildman–Crippen LogP) is 4.66. The molecule has 0 aliphatic rings. The largest absolute Gasteiger partial charge is 0.0843 e. The van der Waals surface area contributed by atoms with E-state index in [4.69, 9.17) is 23.2 Å². The van der Waals surface area contributed by atoms with Gasteiger partial charge in [0.15, 0.2) is 0 Å². The van der Waals surface area contributed by atoms with Crippen LogP contribution in [0, 0.1) is 0 Å². The third-order valence-corrected chi connectivity index (χ3v) is 2.61. The molecule has 0 nitrogen and oxygen atoms in total. The molecule has 0 spiro atoms. The molecule has 2 rings (SSSR count). The van der Waals surface area contributed by atoms with E-state index in [0.717, 1.165) is 21.2 Å². The fraction of sp³-hybridized carbons (Fsp3) is 0. The summed E-state index contributed by atoms with van der Waals surface area (Å²) in [4.78, 5) is 0. The van der Waals surface area contributed by atoms with Gasteiger partial charge in [0.05, 0.1) is 0 Å². The molecule has 0 bridgehead atoms. The molecule has 0 heterocycles. The fourth-order valence-electron chi connectivity index (χ4n) is 1.32. The molecule has 2 heteroatoms. The third-order valence-electron chi connectivity index (χ3n) is 2.03. The second-order valence-corrected chi connectivity index (χ2v) is 3.83. The lowest BCUT2D eigenvalue weighted by Crippen LogP contribution is -1.77. The van der Waals surface area contributed by atoms with Crippen LogP contribution in [0.2, 0.25) is 10.0 Å². The third kappa shape index (κ3) is 1.92. The van der Waals surface area contributed by atoms with Gasteiger partial charge in [-0.05, 0) is 23.8 Å². The van der Waals surface area contributed by atoms with Crippen molar-refractivity contribution in [2.24, 2.45) is 0 Å². The molecule has 0 unspecified atom stereocenters. The highest BCUT2D eigenvalue weighted by atomic mass is 35.5. The summed E-state index contributed by atoms with van der Waals surface area (Å²) in [5.74, 6) is 0. The average Bonchev–Trinajstić information content (AvgIpc) is 2.20. The zero-order valence-electron chi connectivity index (χ0n) is 7.37. The van der Waals surface area contributed by atoms with Gasteiger partial charge in [0, 0.05) is 15.6 Å². The van der Waals surface area contributed by atoms with Crippen LogP contribution in [-0.4, -0.2) is 0 Å². The Hall–Kier alpha value is -0.980. The summed E-state index contributed by atoms with van der Waals surface area (Å²) in [5.41, 5.74) is 2.12. The van der Waals surface area contributed by atoms with E-state index in [1.807, 2.05) is 48.5 Å². The first-order chi connectivity index (χ1) is 6.77. The van der Waals surface area contributed by atoms with Crippen molar-refractivity contribution in [1.82, 2.24) is 0 Å². The van der Waals surface area contributed by atoms with Crippen LogP contribution in [0.25, 0.3) is 11.1 Å². The summed E-state index contributed by atoms with van der Waals surface area (Å²) in [6, 6.07) is 15.4. The van der Waals surface area contributed by atoms with Crippen LogP contribution < -0.4 is 0 Å². The Morgan fingerprint density at radius 1 is 0.714 bits per heavy atom. The number of hydrogen-bond donors (Lipinski definition) is 0. The molecule has 2 aromatic carbocycles. The van der Waals surface area contributed by atoms with Gasteiger partial charge in [0.1, 0.15) is 0 Å². The molecule has 0 fully saturated rings. The Morgan fingerprint density at radius 3 is 2.00 bits per heavy atom. The number of benzene rings is 2. The Balaban J connectivity index is 2.50. The minimum Gasteiger partial charge on any atom is -0.0843 e. The Kier molecular flexibility index (Phi) is 2.76. The molecular weight excluding hydrogens is 227 g/mol. The maximum atomic E-state index is 6.07. The van der Waals surface area contributed by atoms with E-state index in [2.05, 4.69) is 0 Å². The molecule has 0 radical (unpaired) electrons. The average molecular weight is 235 g/mol. The van der Waals surface area contributed by atoms with Crippen molar-refractivity contribution in [2.75, 3.05) is 0 Å². The van der Waals surface area contributed by atoms with Gasteiger partial charge in [0.25, 0.3) is 0 Å². The lowest BCUT2D eigenvalue weighted by atomic mass is 11.1. The van der Waals surface area contributed by atoms with Gasteiger partial charge in [-0.25, -0.2) is 0 Å². The van der Waals surface area contributed by atoms with Gasteiger partial charge in [0.2, 0.25) is 0 Å². The Labute approximate surface area is 93.1 Å². The van der Waals surface area contributed by atoms with Gasteiger partial charge in [-0.3, -0.25) is 0 Å². The van der Waals surface area contributed by atoms with Crippen molar-refractivity contribution in [2.45, 2.75) is 0 Å². The number of halogens is 2. The Morgan fingerprint density at radius 2 is 1.36 bits per heavy atom. The number of rotatable bonds is 1. The topological polar surface area (TPSA) is 0 Å². The Bertz CT molecular complexity index is 432. The van der Waals surface area contributed by atoms with Crippen molar-refractivity contribution in [3.63, 3.8) is 0 Å². The van der Waals surface area contributed by atoms with E-state index in [0.29, 0.717) is 0 Å². The highest BCUT2D eigenvalue weighted by molar-refractivity contribution is 6.33. The van der Waals surface area contributed by atoms with Gasteiger partial charge >= 0.3 is 0 Å². The summed E-state index contributed by atoms with van der Waals surface area (Å²) >= 11 is 11.9. The second-order valence-electron chi connectivity index (χ2n) is 2.99. The van der Waals surface area contributed by atoms with E-state index in [-0.39, 0.29) is 0 Å². The van der Waals surface area contributed by atoms with Crippen LogP contribution in [-0.2, 0) is 0 Å². The monoisotopic (exact) mass is 234 g/mol. The maximum Gasteiger partial charge on any atom is 0.0484 e. The van der Waals surface area contributed by atoms with Crippen LogP contribution in [0.4, 0.5) is 0 Å². The predicted molar refractivity (Wildman–Crippen MR) is 61.9 cm³/mol. The van der Waals surface area contributed by atoms with Crippen LogP contribution in [0.5, 0.6) is 0 Å². The summed E-state index contributed by atoms with van der Waals surface area (Å²) in [5, 5.41) is 1.50. The van der Waals surface area contributed by atoms with Crippen LogP contribution in [0.15, 0.2) is 48.5 Å². The molecule has 0 N–H and O–H groups in total. The smallest absolute Gasteiger partial charge is 0.0484 e. The molecule has 0 atom stereocenters. The molecule has 70 valence electrons. The highest BCUT2D eigenvalue weighted by Gasteiger charge is 2.01. The van der Waals surface area contributed by atoms with Gasteiger partial charge in [-0.2, -0.15) is 0 Å². The minimum atomic E-state index is 0.737. The zero-order chi connectivity index (χ0) is 9.97. The van der Waals surface area contributed by atoms with Gasteiger partial charge < -0.3 is 0 Å². The summed E-state index contributed by atoms with van der Waals surface area (Å²) in [7, 11) is 0. The first-order valence-electron chi connectivity index (χ1n) is 4.28. The number of hydrogen-bond acceptors (Lipinski definition) is 0. The minimum absolute atomic E-state index is 0.737. The van der Waals surface area contributed by atoms with Crippen molar-refractivity contribution in [1.29, 1.82) is 0 Å². The first kappa shape index (κ1) is 9.57. The fourth-order valence-corrected chi connectivity index (χ4v) is 1.70. The molecule has 0 saturated heterocycles. The zero-order valence-corrected chi connectivity index (χ0v) is 8.89. The molecule has 0 aliphatic carbocycles. The van der Waals surface area contributed by atoms with Crippen LogP contribution in [0.1, 0.15) is 0 Å². The molecule has 0 aromatic heterocycles. The summed E-state index contributed by atoms with van der Waals surface area (Å²) in [6.45, 7) is 0. The van der Waals surface area contributed by atoms with E-state index in [1.54, 1.807) is 0 Å². The molecule has 0 amide bonds. The molecular formula is C12H8Cl2. The molecule has 0 saturated carbocycles. The molecule has 0 aliphatic heterocycles. The van der Waals surface area contributed by atoms with Crippen LogP contribution >= 0.6 is 23.2 Å².